The Kier molecular flexibility index (Phi) is 4.91. The van der Waals surface area contributed by atoms with Gasteiger partial charge in [-0.2, -0.15) is 0 Å². The monoisotopic (exact) mass is 271 g/mol. The van der Waals surface area contributed by atoms with E-state index in [9.17, 15) is 4.39 Å². The van der Waals surface area contributed by atoms with Gasteiger partial charge in [0.05, 0.1) is 0 Å². The average Bonchev–Trinajstić information content (AvgIpc) is 2.41. The first kappa shape index (κ1) is 14.7. The third-order valence-electron chi connectivity index (χ3n) is 3.69. The van der Waals surface area contributed by atoms with E-state index in [4.69, 9.17) is 0 Å². The molecule has 0 heterocycles. The molecule has 0 aliphatic carbocycles. The largest absolute Gasteiger partial charge is 0.310 e. The zero-order valence-corrected chi connectivity index (χ0v) is 12.4. The summed E-state index contributed by atoms with van der Waals surface area (Å²) in [5.74, 6) is -0.160. The van der Waals surface area contributed by atoms with Crippen LogP contribution < -0.4 is 5.32 Å². The van der Waals surface area contributed by atoms with Crippen molar-refractivity contribution >= 4 is 0 Å². The van der Waals surface area contributed by atoms with E-state index in [2.05, 4.69) is 43.4 Å². The van der Waals surface area contributed by atoms with Crippen LogP contribution in [-0.2, 0) is 6.42 Å². The van der Waals surface area contributed by atoms with Crippen molar-refractivity contribution in [1.29, 1.82) is 0 Å². The highest BCUT2D eigenvalue weighted by molar-refractivity contribution is 5.27. The lowest BCUT2D eigenvalue weighted by Crippen LogP contribution is -2.21. The van der Waals surface area contributed by atoms with Crippen LogP contribution in [0.15, 0.2) is 42.5 Å². The van der Waals surface area contributed by atoms with Crippen LogP contribution in [0.5, 0.6) is 0 Å². The van der Waals surface area contributed by atoms with Gasteiger partial charge in [0.25, 0.3) is 0 Å². The summed E-state index contributed by atoms with van der Waals surface area (Å²) >= 11 is 0. The molecule has 2 aromatic carbocycles. The lowest BCUT2D eigenvalue weighted by molar-refractivity contribution is 0.575. The molecule has 106 valence electrons. The van der Waals surface area contributed by atoms with Gasteiger partial charge in [-0.25, -0.2) is 4.39 Å². The smallest absolute Gasteiger partial charge is 0.123 e. The number of nitrogens with one attached hydrogen (secondary N) is 1. The van der Waals surface area contributed by atoms with Gasteiger partial charge in [-0.3, -0.25) is 0 Å². The molecule has 1 unspecified atom stereocenters. The van der Waals surface area contributed by atoms with E-state index in [1.807, 2.05) is 13.0 Å². The van der Waals surface area contributed by atoms with Crippen molar-refractivity contribution in [2.75, 3.05) is 6.54 Å². The third-order valence-corrected chi connectivity index (χ3v) is 3.69. The number of hydrogen-bond acceptors (Lipinski definition) is 1. The molecule has 0 spiro atoms. The van der Waals surface area contributed by atoms with Crippen LogP contribution >= 0.6 is 0 Å². The predicted molar refractivity (Wildman–Crippen MR) is 82.4 cm³/mol. The van der Waals surface area contributed by atoms with Crippen molar-refractivity contribution in [2.24, 2.45) is 0 Å². The van der Waals surface area contributed by atoms with E-state index in [-0.39, 0.29) is 5.82 Å². The predicted octanol–water partition coefficient (Wildman–Crippen LogP) is 4.34. The lowest BCUT2D eigenvalue weighted by atomic mass is 10.0. The molecule has 0 fully saturated rings. The third kappa shape index (κ3) is 3.91. The minimum Gasteiger partial charge on any atom is -0.310 e. The van der Waals surface area contributed by atoms with Crippen LogP contribution in [0, 0.1) is 19.7 Å². The highest BCUT2D eigenvalue weighted by Crippen LogP contribution is 2.14. The van der Waals surface area contributed by atoms with Crippen LogP contribution in [0.3, 0.4) is 0 Å². The molecule has 0 bridgehead atoms. The van der Waals surface area contributed by atoms with Crippen molar-refractivity contribution in [3.05, 3.63) is 70.5 Å². The van der Waals surface area contributed by atoms with E-state index >= 15 is 0 Å². The van der Waals surface area contributed by atoms with Gasteiger partial charge >= 0.3 is 0 Å². The first-order valence-electron chi connectivity index (χ1n) is 7.11. The van der Waals surface area contributed by atoms with Gasteiger partial charge in [-0.1, -0.05) is 35.9 Å². The summed E-state index contributed by atoms with van der Waals surface area (Å²) in [6.07, 6.45) is 0.919. The van der Waals surface area contributed by atoms with Gasteiger partial charge < -0.3 is 5.32 Å². The Balaban J connectivity index is 1.89. The molecule has 0 amide bonds. The SMILES string of the molecule is Cc1cccc(C(C)NCCc2ccc(F)cc2C)c1. The minimum absolute atomic E-state index is 0.160. The quantitative estimate of drug-likeness (QED) is 0.853. The number of rotatable bonds is 5. The molecule has 2 heteroatoms. The molecule has 20 heavy (non-hydrogen) atoms. The molecular formula is C18H22FN. The Labute approximate surface area is 120 Å². The average molecular weight is 271 g/mol. The van der Waals surface area contributed by atoms with Crippen LogP contribution in [0.4, 0.5) is 4.39 Å². The first-order chi connectivity index (χ1) is 9.56. The molecule has 0 aliphatic rings. The summed E-state index contributed by atoms with van der Waals surface area (Å²) in [4.78, 5) is 0. The molecular weight excluding hydrogens is 249 g/mol. The molecule has 0 aromatic heterocycles. The van der Waals surface area contributed by atoms with Crippen molar-refractivity contribution in [1.82, 2.24) is 5.32 Å². The standard InChI is InChI=1S/C18H22FN/c1-13-5-4-6-17(11-13)15(3)20-10-9-16-7-8-18(19)12-14(16)2/h4-8,11-12,15,20H,9-10H2,1-3H3. The summed E-state index contributed by atoms with van der Waals surface area (Å²) in [5.41, 5.74) is 4.82. The Hall–Kier alpha value is -1.67. The molecule has 1 atom stereocenters. The number of aryl methyl sites for hydroxylation is 2. The van der Waals surface area contributed by atoms with Crippen LogP contribution in [0.25, 0.3) is 0 Å². The Morgan fingerprint density at radius 3 is 2.60 bits per heavy atom. The Morgan fingerprint density at radius 2 is 1.90 bits per heavy atom. The first-order valence-corrected chi connectivity index (χ1v) is 7.11. The van der Waals surface area contributed by atoms with E-state index in [0.717, 1.165) is 18.5 Å². The van der Waals surface area contributed by atoms with Crippen molar-refractivity contribution in [2.45, 2.75) is 33.2 Å². The fourth-order valence-corrected chi connectivity index (χ4v) is 2.42. The van der Waals surface area contributed by atoms with Gasteiger partial charge in [-0.15, -0.1) is 0 Å². The van der Waals surface area contributed by atoms with Crippen LogP contribution in [-0.4, -0.2) is 6.54 Å². The number of benzene rings is 2. The van der Waals surface area contributed by atoms with E-state index < -0.39 is 0 Å². The molecule has 1 nitrogen and oxygen atoms in total. The highest BCUT2D eigenvalue weighted by atomic mass is 19.1. The maximum Gasteiger partial charge on any atom is 0.123 e. The number of halogens is 1. The molecule has 2 aromatic rings. The topological polar surface area (TPSA) is 12.0 Å². The molecule has 0 aliphatic heterocycles. The van der Waals surface area contributed by atoms with Gasteiger partial charge in [0.2, 0.25) is 0 Å². The van der Waals surface area contributed by atoms with Gasteiger partial charge in [0.15, 0.2) is 0 Å². The second kappa shape index (κ2) is 6.67. The van der Waals surface area contributed by atoms with Gasteiger partial charge in [-0.05, 0) is 62.6 Å². The fourth-order valence-electron chi connectivity index (χ4n) is 2.42. The molecule has 1 N–H and O–H groups in total. The summed E-state index contributed by atoms with van der Waals surface area (Å²) in [7, 11) is 0. The minimum atomic E-state index is -0.160. The van der Waals surface area contributed by atoms with Crippen molar-refractivity contribution in [3.63, 3.8) is 0 Å². The lowest BCUT2D eigenvalue weighted by Gasteiger charge is -2.15. The summed E-state index contributed by atoms with van der Waals surface area (Å²) in [6, 6.07) is 13.9. The number of hydrogen-bond donors (Lipinski definition) is 1. The van der Waals surface area contributed by atoms with Gasteiger partial charge in [0.1, 0.15) is 5.82 Å². The van der Waals surface area contributed by atoms with E-state index in [1.165, 1.54) is 22.8 Å². The maximum absolute atomic E-state index is 13.0. The van der Waals surface area contributed by atoms with Crippen molar-refractivity contribution < 1.29 is 4.39 Å². The zero-order chi connectivity index (χ0) is 14.5. The maximum atomic E-state index is 13.0. The van der Waals surface area contributed by atoms with Crippen LogP contribution in [0.2, 0.25) is 0 Å². The van der Waals surface area contributed by atoms with Crippen molar-refractivity contribution in [3.8, 4) is 0 Å². The van der Waals surface area contributed by atoms with E-state index in [1.54, 1.807) is 6.07 Å². The molecule has 0 radical (unpaired) electrons. The fraction of sp³-hybridized carbons (Fsp3) is 0.333. The second-order valence-electron chi connectivity index (χ2n) is 5.41. The zero-order valence-electron chi connectivity index (χ0n) is 12.4. The van der Waals surface area contributed by atoms with Gasteiger partial charge in [0, 0.05) is 6.04 Å². The Morgan fingerprint density at radius 1 is 1.10 bits per heavy atom. The summed E-state index contributed by atoms with van der Waals surface area (Å²) in [6.45, 7) is 7.13. The highest BCUT2D eigenvalue weighted by Gasteiger charge is 2.05. The Bertz CT molecular complexity index is 577. The van der Waals surface area contributed by atoms with E-state index in [0.29, 0.717) is 6.04 Å². The summed E-state index contributed by atoms with van der Waals surface area (Å²) < 4.78 is 13.0. The molecule has 0 saturated heterocycles. The van der Waals surface area contributed by atoms with Crippen LogP contribution in [0.1, 0.15) is 35.2 Å². The summed E-state index contributed by atoms with van der Waals surface area (Å²) in [5, 5.41) is 3.52. The second-order valence-corrected chi connectivity index (χ2v) is 5.41. The molecule has 2 rings (SSSR count). The normalized spacial score (nSPS) is 12.4. The molecule has 0 saturated carbocycles.